The molecule has 0 rings (SSSR count). The molecular formula is CHCdHgNS. The van der Waals surface area contributed by atoms with E-state index in [1.165, 1.54) is 5.40 Å². The predicted octanol–water partition coefficient (Wildman–Crippen LogP) is 0.392. The molecule has 4 heteroatoms. The largest absolute Gasteiger partial charge is 0.185 e. The van der Waals surface area contributed by atoms with Crippen molar-refractivity contribution in [3.8, 4) is 5.40 Å². The smallest absolute Gasteiger partial charge is 0.130 e. The molecule has 0 amide bonds. The summed E-state index contributed by atoms with van der Waals surface area (Å²) >= 11 is 3.09. The number of hydrogen-bond acceptors (Lipinski definition) is 2. The van der Waals surface area contributed by atoms with Gasteiger partial charge in [-0.1, -0.05) is 12.6 Å². The number of hydrogen-bond donors (Lipinski definition) is 1. The van der Waals surface area contributed by atoms with Gasteiger partial charge in [0.15, 0.2) is 0 Å². The molecule has 0 heterocycles. The average molecular weight is 372 g/mol. The summed E-state index contributed by atoms with van der Waals surface area (Å²) in [5.74, 6) is 0. The van der Waals surface area contributed by atoms with Crippen LogP contribution in [0.3, 0.4) is 0 Å². The Kier molecular flexibility index (Phi) is 55.0. The third kappa shape index (κ3) is 27.0. The number of rotatable bonds is 0. The fourth-order valence-corrected chi connectivity index (χ4v) is 0. The molecule has 0 atom stereocenters. The average Bonchev–Trinajstić information content (AvgIpc) is 0.918. The third-order valence-corrected chi connectivity index (χ3v) is 0. The minimum atomic E-state index is 0. The number of thiocyanates is 1. The van der Waals surface area contributed by atoms with E-state index in [2.05, 4.69) is 12.6 Å². The first kappa shape index (κ1) is 15.9. The number of thiol groups is 1. The summed E-state index contributed by atoms with van der Waals surface area (Å²) in [7, 11) is 0. The van der Waals surface area contributed by atoms with Crippen molar-refractivity contribution in [3.05, 3.63) is 0 Å². The van der Waals surface area contributed by atoms with Crippen LogP contribution in [-0.2, 0) is 55.0 Å². The molecule has 0 aliphatic rings. The van der Waals surface area contributed by atoms with Gasteiger partial charge in [-0.25, -0.2) is 0 Å². The molecule has 0 bridgehead atoms. The van der Waals surface area contributed by atoms with Crippen LogP contribution in [0.2, 0.25) is 0 Å². The van der Waals surface area contributed by atoms with Crippen LogP contribution in [0, 0.1) is 10.7 Å². The Balaban J connectivity index is -0.0000000200. The van der Waals surface area contributed by atoms with Gasteiger partial charge in [0, 0.05) is 55.0 Å². The summed E-state index contributed by atoms with van der Waals surface area (Å²) in [6, 6.07) is 0. The Labute approximate surface area is 77.2 Å². The molecule has 0 aliphatic heterocycles. The molecular weight excluding hydrogens is 371 g/mol. The maximum absolute atomic E-state index is 7.18. The van der Waals surface area contributed by atoms with Crippen LogP contribution in [-0.4, -0.2) is 0 Å². The van der Waals surface area contributed by atoms with E-state index in [0.29, 0.717) is 0 Å². The van der Waals surface area contributed by atoms with Crippen molar-refractivity contribution >= 4 is 12.6 Å². The Morgan fingerprint density at radius 3 is 1.60 bits per heavy atom. The maximum atomic E-state index is 7.18. The van der Waals surface area contributed by atoms with E-state index in [1.54, 1.807) is 0 Å². The number of nitriles is 1. The van der Waals surface area contributed by atoms with Gasteiger partial charge in [-0.2, -0.15) is 5.26 Å². The first-order chi connectivity index (χ1) is 1.41. The van der Waals surface area contributed by atoms with Crippen LogP contribution >= 0.6 is 12.6 Å². The molecule has 0 unspecified atom stereocenters. The topological polar surface area (TPSA) is 23.8 Å². The molecule has 20 valence electrons. The van der Waals surface area contributed by atoms with E-state index in [0.717, 1.165) is 0 Å². The molecule has 0 saturated heterocycles. The Bertz CT molecular complexity index is 33.1. The molecule has 0 aromatic carbocycles. The summed E-state index contributed by atoms with van der Waals surface area (Å²) in [5, 5.41) is 8.63. The van der Waals surface area contributed by atoms with Crippen molar-refractivity contribution in [2.24, 2.45) is 0 Å². The third-order valence-electron chi connectivity index (χ3n) is 0. The monoisotopic (exact) mass is 375 g/mol. The molecule has 0 fully saturated rings. The predicted molar refractivity (Wildman–Crippen MR) is 14.6 cm³/mol. The second-order valence-electron chi connectivity index (χ2n) is 0.100. The van der Waals surface area contributed by atoms with Crippen LogP contribution in [0.4, 0.5) is 0 Å². The van der Waals surface area contributed by atoms with Gasteiger partial charge in [0.2, 0.25) is 0 Å². The molecule has 0 aliphatic carbocycles. The van der Waals surface area contributed by atoms with E-state index in [4.69, 9.17) is 5.26 Å². The van der Waals surface area contributed by atoms with Crippen molar-refractivity contribution in [2.75, 3.05) is 0 Å². The van der Waals surface area contributed by atoms with Gasteiger partial charge >= 0.3 is 0 Å². The van der Waals surface area contributed by atoms with Gasteiger partial charge in [-0.05, 0) is 0 Å². The zero-order chi connectivity index (χ0) is 2.71. The fourth-order valence-electron chi connectivity index (χ4n) is 0. The van der Waals surface area contributed by atoms with Crippen molar-refractivity contribution in [1.82, 2.24) is 0 Å². The van der Waals surface area contributed by atoms with Crippen molar-refractivity contribution in [1.29, 1.82) is 5.26 Å². The second kappa shape index (κ2) is 17.3. The van der Waals surface area contributed by atoms with E-state index in [9.17, 15) is 0 Å². The van der Waals surface area contributed by atoms with Crippen LogP contribution in [0.1, 0.15) is 0 Å². The summed E-state index contributed by atoms with van der Waals surface area (Å²) in [5.41, 5.74) is 0. The molecule has 0 N–H and O–H groups in total. The Morgan fingerprint density at radius 1 is 1.60 bits per heavy atom. The van der Waals surface area contributed by atoms with Gasteiger partial charge in [0.25, 0.3) is 0 Å². The van der Waals surface area contributed by atoms with E-state index in [1.807, 2.05) is 0 Å². The second-order valence-corrected chi connectivity index (χ2v) is 0.300. The maximum Gasteiger partial charge on any atom is 0.130 e. The molecule has 0 radical (unpaired) electrons. The van der Waals surface area contributed by atoms with Gasteiger partial charge in [0.1, 0.15) is 5.40 Å². The SMILES string of the molecule is N#CS.[Cd].[Hg]. The zero-order valence-corrected chi connectivity index (χ0v) is 13.2. The summed E-state index contributed by atoms with van der Waals surface area (Å²) < 4.78 is 0. The summed E-state index contributed by atoms with van der Waals surface area (Å²) in [4.78, 5) is 0. The molecule has 1 nitrogen and oxygen atoms in total. The van der Waals surface area contributed by atoms with Crippen molar-refractivity contribution in [3.63, 3.8) is 0 Å². The molecule has 0 aromatic rings. The van der Waals surface area contributed by atoms with Crippen LogP contribution < -0.4 is 0 Å². The van der Waals surface area contributed by atoms with Gasteiger partial charge in [0.05, 0.1) is 0 Å². The first-order valence-electron chi connectivity index (χ1n) is 0.447. The number of nitrogens with zero attached hydrogens (tertiary/aromatic N) is 1. The van der Waals surface area contributed by atoms with Crippen molar-refractivity contribution < 1.29 is 55.0 Å². The van der Waals surface area contributed by atoms with Crippen molar-refractivity contribution in [2.45, 2.75) is 0 Å². The molecule has 5 heavy (non-hydrogen) atoms. The Hall–Kier alpha value is 1.70. The van der Waals surface area contributed by atoms with Gasteiger partial charge in [-0.15, -0.1) is 0 Å². The van der Waals surface area contributed by atoms with Gasteiger partial charge < -0.3 is 0 Å². The summed E-state index contributed by atoms with van der Waals surface area (Å²) in [6.07, 6.45) is 0. The molecule has 0 saturated carbocycles. The quantitative estimate of drug-likeness (QED) is 0.372. The minimum absolute atomic E-state index is 0. The molecule has 0 spiro atoms. The van der Waals surface area contributed by atoms with Crippen LogP contribution in [0.15, 0.2) is 0 Å². The standard InChI is InChI=1S/CHNS.Cd.Hg/c2-1-3;;/h3H;;. The Morgan fingerprint density at radius 2 is 1.60 bits per heavy atom. The summed E-state index contributed by atoms with van der Waals surface area (Å²) in [6.45, 7) is 0. The normalized spacial score (nSPS) is 1.60. The van der Waals surface area contributed by atoms with E-state index in [-0.39, 0.29) is 55.0 Å². The molecule has 0 aromatic heterocycles. The minimum Gasteiger partial charge on any atom is -0.185 e. The van der Waals surface area contributed by atoms with E-state index >= 15 is 0 Å². The van der Waals surface area contributed by atoms with Gasteiger partial charge in [-0.3, -0.25) is 0 Å². The van der Waals surface area contributed by atoms with Crippen LogP contribution in [0.5, 0.6) is 0 Å². The zero-order valence-electron chi connectivity index (χ0n) is 2.81. The fraction of sp³-hybridized carbons (Fsp3) is 0. The van der Waals surface area contributed by atoms with Crippen LogP contribution in [0.25, 0.3) is 0 Å². The first-order valence-corrected chi connectivity index (χ1v) is 0.894. The van der Waals surface area contributed by atoms with E-state index < -0.39 is 0 Å².